The molecule has 13 heteroatoms. The molecule has 0 saturated heterocycles. The minimum Gasteiger partial charge on any atom is -0.490 e. The van der Waals surface area contributed by atoms with Gasteiger partial charge < -0.3 is 13.9 Å². The number of nitro benzene ring substituents is 2. The van der Waals surface area contributed by atoms with E-state index in [0.29, 0.717) is 39.1 Å². The van der Waals surface area contributed by atoms with Crippen molar-refractivity contribution in [1.29, 1.82) is 0 Å². The Bertz CT molecular complexity index is 1550. The number of hydrogen-bond donors (Lipinski definition) is 1. The van der Waals surface area contributed by atoms with Crippen LogP contribution in [-0.4, -0.2) is 28.6 Å². The molecule has 1 heterocycles. The van der Waals surface area contributed by atoms with Gasteiger partial charge in [0.05, 0.1) is 22.7 Å². The van der Waals surface area contributed by atoms with E-state index < -0.39 is 15.8 Å². The minimum atomic E-state index is -0.635. The average Bonchev–Trinajstić information content (AvgIpc) is 3.33. The van der Waals surface area contributed by atoms with Crippen LogP contribution in [0.1, 0.15) is 28.6 Å². The Labute approximate surface area is 223 Å². The molecule has 3 aromatic carbocycles. The van der Waals surface area contributed by atoms with E-state index in [1.807, 2.05) is 6.92 Å². The quantitative estimate of drug-likeness (QED) is 0.140. The zero-order valence-electron chi connectivity index (χ0n) is 19.8. The number of furan rings is 1. The van der Waals surface area contributed by atoms with Gasteiger partial charge in [-0.15, -0.1) is 0 Å². The third kappa shape index (κ3) is 6.13. The van der Waals surface area contributed by atoms with Gasteiger partial charge in [-0.1, -0.05) is 0 Å². The number of rotatable bonds is 10. The first-order valence-corrected chi connectivity index (χ1v) is 11.9. The molecule has 4 aromatic rings. The third-order valence-corrected chi connectivity index (χ3v) is 5.90. The number of non-ortho nitro benzene ring substituents is 2. The Hall–Kier alpha value is -4.78. The second-order valence-electron chi connectivity index (χ2n) is 7.75. The summed E-state index contributed by atoms with van der Waals surface area (Å²) in [5.74, 6) is 0.185. The second-order valence-corrected chi connectivity index (χ2v) is 8.61. The van der Waals surface area contributed by atoms with E-state index >= 15 is 0 Å². The summed E-state index contributed by atoms with van der Waals surface area (Å²) in [4.78, 5) is 33.2. The largest absolute Gasteiger partial charge is 0.490 e. The fourth-order valence-corrected chi connectivity index (χ4v) is 3.80. The first-order chi connectivity index (χ1) is 18.2. The smallest absolute Gasteiger partial charge is 0.307 e. The summed E-state index contributed by atoms with van der Waals surface area (Å²) >= 11 is 3.45. The van der Waals surface area contributed by atoms with Gasteiger partial charge in [-0.05, 0) is 64.8 Å². The highest BCUT2D eigenvalue weighted by atomic mass is 79.9. The number of ether oxygens (including phenoxy) is 2. The van der Waals surface area contributed by atoms with Crippen molar-refractivity contribution in [2.75, 3.05) is 6.61 Å². The molecule has 0 spiro atoms. The third-order valence-electron chi connectivity index (χ3n) is 5.21. The van der Waals surface area contributed by atoms with E-state index in [1.165, 1.54) is 42.6 Å². The number of halogens is 1. The fourth-order valence-electron chi connectivity index (χ4n) is 3.38. The van der Waals surface area contributed by atoms with E-state index in [1.54, 1.807) is 24.3 Å². The van der Waals surface area contributed by atoms with Crippen LogP contribution in [0.2, 0.25) is 0 Å². The van der Waals surface area contributed by atoms with Gasteiger partial charge in [0.1, 0.15) is 12.2 Å². The van der Waals surface area contributed by atoms with E-state index in [-0.39, 0.29) is 23.7 Å². The van der Waals surface area contributed by atoms with Crippen LogP contribution in [0.25, 0.3) is 11.0 Å². The highest BCUT2D eigenvalue weighted by Gasteiger charge is 2.15. The molecule has 0 aliphatic carbocycles. The normalized spacial score (nSPS) is 11.0. The summed E-state index contributed by atoms with van der Waals surface area (Å²) in [6.45, 7) is 2.35. The number of nitrogens with zero attached hydrogens (tertiary/aromatic N) is 3. The molecule has 1 N–H and O–H groups in total. The van der Waals surface area contributed by atoms with E-state index in [4.69, 9.17) is 13.9 Å². The number of nitro groups is 2. The number of carbonyl (C=O) groups is 1. The van der Waals surface area contributed by atoms with E-state index in [2.05, 4.69) is 26.5 Å². The maximum absolute atomic E-state index is 12.5. The Kier molecular flexibility index (Phi) is 7.97. The van der Waals surface area contributed by atoms with Crippen molar-refractivity contribution in [3.8, 4) is 11.5 Å². The first-order valence-electron chi connectivity index (χ1n) is 11.1. The molecule has 0 radical (unpaired) electrons. The van der Waals surface area contributed by atoms with Crippen LogP contribution < -0.4 is 14.9 Å². The molecule has 1 amide bonds. The average molecular weight is 583 g/mol. The van der Waals surface area contributed by atoms with Gasteiger partial charge >= 0.3 is 5.91 Å². The number of hydrogen-bond acceptors (Lipinski definition) is 9. The summed E-state index contributed by atoms with van der Waals surface area (Å²) in [6, 6.07) is 14.8. The molecule has 1 aromatic heterocycles. The van der Waals surface area contributed by atoms with Crippen molar-refractivity contribution in [2.24, 2.45) is 5.10 Å². The molecular weight excluding hydrogens is 564 g/mol. The topological polar surface area (TPSA) is 159 Å². The molecule has 0 unspecified atom stereocenters. The maximum atomic E-state index is 12.5. The van der Waals surface area contributed by atoms with Gasteiger partial charge in [0.25, 0.3) is 11.4 Å². The molecule has 12 nitrogen and oxygen atoms in total. The molecular formula is C25H19BrN4O8. The summed E-state index contributed by atoms with van der Waals surface area (Å²) < 4.78 is 17.6. The van der Waals surface area contributed by atoms with Crippen LogP contribution in [0.15, 0.2) is 74.7 Å². The number of benzene rings is 3. The lowest BCUT2D eigenvalue weighted by Crippen LogP contribution is -2.16. The Balaban J connectivity index is 1.45. The Morgan fingerprint density at radius 3 is 2.37 bits per heavy atom. The van der Waals surface area contributed by atoms with Crippen LogP contribution >= 0.6 is 15.9 Å². The molecule has 38 heavy (non-hydrogen) atoms. The lowest BCUT2D eigenvalue weighted by atomic mass is 10.2. The van der Waals surface area contributed by atoms with Crippen LogP contribution in [-0.2, 0) is 6.61 Å². The van der Waals surface area contributed by atoms with Crippen LogP contribution in [0.5, 0.6) is 11.5 Å². The highest BCUT2D eigenvalue weighted by Crippen LogP contribution is 2.34. The standard InChI is InChI=1S/C25H19BrN4O8/c1-2-36-22-11-17(20(26)12-23(22)37-14-15-3-5-18(6-4-15)29(32)33)13-27-28-25(31)24-10-16-9-19(30(34)35)7-8-21(16)38-24/h3-13H,2,14H2,1H3,(H,28,31)/b27-13+. The summed E-state index contributed by atoms with van der Waals surface area (Å²) in [7, 11) is 0. The van der Waals surface area contributed by atoms with Crippen LogP contribution in [0.3, 0.4) is 0 Å². The van der Waals surface area contributed by atoms with Gasteiger partial charge in [-0.25, -0.2) is 5.43 Å². The maximum Gasteiger partial charge on any atom is 0.307 e. The summed E-state index contributed by atoms with van der Waals surface area (Å²) in [6.07, 6.45) is 1.40. The predicted octanol–water partition coefficient (Wildman–Crippen LogP) is 5.75. The van der Waals surface area contributed by atoms with Gasteiger partial charge in [0, 0.05) is 39.7 Å². The number of nitrogens with one attached hydrogen (secondary N) is 1. The van der Waals surface area contributed by atoms with Crippen LogP contribution in [0, 0.1) is 20.2 Å². The summed E-state index contributed by atoms with van der Waals surface area (Å²) in [5.41, 5.74) is 3.89. The highest BCUT2D eigenvalue weighted by molar-refractivity contribution is 9.10. The van der Waals surface area contributed by atoms with Gasteiger partial charge in [-0.3, -0.25) is 25.0 Å². The Morgan fingerprint density at radius 1 is 1.00 bits per heavy atom. The zero-order chi connectivity index (χ0) is 27.2. The minimum absolute atomic E-state index is 0.00784. The van der Waals surface area contributed by atoms with Crippen LogP contribution in [0.4, 0.5) is 11.4 Å². The van der Waals surface area contributed by atoms with Crippen molar-refractivity contribution >= 4 is 50.4 Å². The van der Waals surface area contributed by atoms with E-state index in [0.717, 1.165) is 5.56 Å². The molecule has 0 bridgehead atoms. The number of fused-ring (bicyclic) bond motifs is 1. The number of amides is 1. The first kappa shape index (κ1) is 26.3. The Morgan fingerprint density at radius 2 is 1.68 bits per heavy atom. The van der Waals surface area contributed by atoms with Crippen molar-refractivity contribution in [3.05, 3.63) is 102 Å². The van der Waals surface area contributed by atoms with Gasteiger partial charge in [0.15, 0.2) is 17.3 Å². The SMILES string of the molecule is CCOc1cc(/C=N/NC(=O)c2cc3cc([N+](=O)[O-])ccc3o2)c(Br)cc1OCc1ccc([N+](=O)[O-])cc1. The molecule has 0 atom stereocenters. The lowest BCUT2D eigenvalue weighted by molar-refractivity contribution is -0.385. The second kappa shape index (κ2) is 11.5. The predicted molar refractivity (Wildman–Crippen MR) is 141 cm³/mol. The van der Waals surface area contributed by atoms with Gasteiger partial charge in [-0.2, -0.15) is 5.10 Å². The molecule has 0 aliphatic rings. The monoisotopic (exact) mass is 582 g/mol. The van der Waals surface area contributed by atoms with E-state index in [9.17, 15) is 25.0 Å². The fraction of sp³-hybridized carbons (Fsp3) is 0.120. The molecule has 0 aliphatic heterocycles. The van der Waals surface area contributed by atoms with Crippen molar-refractivity contribution < 1.29 is 28.5 Å². The summed E-state index contributed by atoms with van der Waals surface area (Å²) in [5, 5.41) is 26.2. The number of hydrazone groups is 1. The molecule has 4 rings (SSSR count). The molecule has 194 valence electrons. The van der Waals surface area contributed by atoms with Crippen molar-refractivity contribution in [3.63, 3.8) is 0 Å². The molecule has 0 saturated carbocycles. The zero-order valence-corrected chi connectivity index (χ0v) is 21.3. The lowest BCUT2D eigenvalue weighted by Gasteiger charge is -2.14. The number of carbonyl (C=O) groups excluding carboxylic acids is 1. The van der Waals surface area contributed by atoms with Gasteiger partial charge in [0.2, 0.25) is 0 Å². The van der Waals surface area contributed by atoms with Crippen molar-refractivity contribution in [2.45, 2.75) is 13.5 Å². The van der Waals surface area contributed by atoms with Crippen molar-refractivity contribution in [1.82, 2.24) is 5.43 Å². The molecule has 0 fully saturated rings.